The monoisotopic (exact) mass is 511 g/mol. The minimum Gasteiger partial charge on any atom is -0.497 e. The summed E-state index contributed by atoms with van der Waals surface area (Å²) in [6.45, 7) is 1.89. The number of methoxy groups -OCH3 is 2. The average molecular weight is 512 g/mol. The normalized spacial score (nSPS) is 11.4. The first-order valence-corrected chi connectivity index (χ1v) is 10.5. The van der Waals surface area contributed by atoms with Gasteiger partial charge in [-0.1, -0.05) is 24.3 Å². The van der Waals surface area contributed by atoms with E-state index < -0.39 is 22.0 Å². The summed E-state index contributed by atoms with van der Waals surface area (Å²) in [4.78, 5) is 1.71. The molecule has 0 aliphatic heterocycles. The largest absolute Gasteiger partial charge is 0.497 e. The molecular weight excluding hydrogens is 490 g/mol. The summed E-state index contributed by atoms with van der Waals surface area (Å²) in [5, 5.41) is 0. The van der Waals surface area contributed by atoms with Crippen molar-refractivity contribution in [3.63, 3.8) is 0 Å². The highest BCUT2D eigenvalue weighted by molar-refractivity contribution is 9.10. The summed E-state index contributed by atoms with van der Waals surface area (Å²) in [6, 6.07) is 15.7. The smallest absolute Gasteiger partial charge is 0.417 e. The summed E-state index contributed by atoms with van der Waals surface area (Å²) < 4.78 is 65.3. The van der Waals surface area contributed by atoms with Crippen LogP contribution in [0, 0.1) is 12.7 Å². The topological polar surface area (TPSA) is 21.7 Å². The Morgan fingerprint density at radius 2 is 1.28 bits per heavy atom. The number of rotatable bonds is 7. The lowest BCUT2D eigenvalue weighted by molar-refractivity contribution is -0.138. The quantitative estimate of drug-likeness (QED) is 0.314. The summed E-state index contributed by atoms with van der Waals surface area (Å²) in [5.41, 5.74) is 0.719. The highest BCUT2D eigenvalue weighted by Crippen LogP contribution is 2.42. The summed E-state index contributed by atoms with van der Waals surface area (Å²) in [5.74, 6) is 0.398. The van der Waals surface area contributed by atoms with Crippen LogP contribution in [0.4, 0.5) is 23.2 Å². The fourth-order valence-electron chi connectivity index (χ4n) is 3.44. The molecule has 0 saturated carbocycles. The van der Waals surface area contributed by atoms with E-state index in [0.717, 1.165) is 11.1 Å². The Kier molecular flexibility index (Phi) is 7.33. The fourth-order valence-corrected chi connectivity index (χ4v) is 4.18. The van der Waals surface area contributed by atoms with Crippen molar-refractivity contribution in [1.82, 2.24) is 0 Å². The van der Waals surface area contributed by atoms with Crippen molar-refractivity contribution in [3.05, 3.63) is 87.1 Å². The first kappa shape index (κ1) is 23.9. The van der Waals surface area contributed by atoms with Gasteiger partial charge in [-0.05, 0) is 69.9 Å². The Hall–Kier alpha value is -2.74. The molecule has 3 rings (SSSR count). The summed E-state index contributed by atoms with van der Waals surface area (Å²) >= 11 is 2.84. The van der Waals surface area contributed by atoms with E-state index in [1.807, 2.05) is 24.3 Å². The van der Waals surface area contributed by atoms with E-state index in [4.69, 9.17) is 9.47 Å². The van der Waals surface area contributed by atoms with Gasteiger partial charge in [0.15, 0.2) is 5.82 Å². The molecule has 0 fully saturated rings. The highest BCUT2D eigenvalue weighted by atomic mass is 79.9. The molecule has 0 aliphatic rings. The van der Waals surface area contributed by atoms with Crippen molar-refractivity contribution in [3.8, 4) is 11.5 Å². The molecule has 0 N–H and O–H groups in total. The predicted molar refractivity (Wildman–Crippen MR) is 120 cm³/mol. The zero-order valence-electron chi connectivity index (χ0n) is 17.8. The number of anilines is 1. The molecule has 32 heavy (non-hydrogen) atoms. The number of nitrogens with zero attached hydrogens (tertiary/aromatic N) is 1. The average Bonchev–Trinajstić information content (AvgIpc) is 2.76. The zero-order valence-corrected chi connectivity index (χ0v) is 19.3. The van der Waals surface area contributed by atoms with Crippen molar-refractivity contribution in [2.75, 3.05) is 19.1 Å². The van der Waals surface area contributed by atoms with Crippen molar-refractivity contribution in [2.24, 2.45) is 0 Å². The number of benzene rings is 3. The first-order chi connectivity index (χ1) is 15.1. The van der Waals surface area contributed by atoms with E-state index in [2.05, 4.69) is 15.9 Å². The van der Waals surface area contributed by atoms with Crippen LogP contribution in [-0.4, -0.2) is 14.2 Å². The van der Waals surface area contributed by atoms with Gasteiger partial charge >= 0.3 is 6.18 Å². The molecule has 3 aromatic carbocycles. The molecule has 0 heterocycles. The SMILES string of the molecule is COc1ccc(CN(Cc2ccc(OC)cc2)c2cc(C)c(C(F)(F)F)c(Br)c2F)cc1. The maximum absolute atomic E-state index is 15.2. The van der Waals surface area contributed by atoms with Crippen LogP contribution in [0.5, 0.6) is 11.5 Å². The molecule has 8 heteroatoms. The lowest BCUT2D eigenvalue weighted by Gasteiger charge is -2.28. The molecule has 3 nitrogen and oxygen atoms in total. The molecule has 0 bridgehead atoms. The number of ether oxygens (including phenoxy) is 2. The third kappa shape index (κ3) is 5.35. The van der Waals surface area contributed by atoms with E-state index in [-0.39, 0.29) is 24.3 Å². The molecule has 0 saturated heterocycles. The van der Waals surface area contributed by atoms with Gasteiger partial charge in [0.05, 0.1) is 29.9 Å². The lowest BCUT2D eigenvalue weighted by Crippen LogP contribution is -2.24. The van der Waals surface area contributed by atoms with Gasteiger partial charge in [0.25, 0.3) is 0 Å². The Labute approximate surface area is 192 Å². The molecule has 0 aromatic heterocycles. The van der Waals surface area contributed by atoms with Crippen molar-refractivity contribution in [2.45, 2.75) is 26.2 Å². The van der Waals surface area contributed by atoms with Crippen LogP contribution in [0.3, 0.4) is 0 Å². The molecule has 0 aliphatic carbocycles. The molecule has 170 valence electrons. The predicted octanol–water partition coefficient (Wildman–Crippen LogP) is 7.14. The first-order valence-electron chi connectivity index (χ1n) is 9.70. The van der Waals surface area contributed by atoms with Crippen molar-refractivity contribution in [1.29, 1.82) is 0 Å². The maximum Gasteiger partial charge on any atom is 0.417 e. The van der Waals surface area contributed by atoms with E-state index in [9.17, 15) is 13.2 Å². The molecule has 0 spiro atoms. The van der Waals surface area contributed by atoms with Crippen LogP contribution in [-0.2, 0) is 19.3 Å². The number of alkyl halides is 3. The number of aryl methyl sites for hydroxylation is 1. The highest BCUT2D eigenvalue weighted by Gasteiger charge is 2.37. The Balaban J connectivity index is 2.04. The van der Waals surface area contributed by atoms with Crippen LogP contribution in [0.25, 0.3) is 0 Å². The Bertz CT molecular complexity index is 1020. The molecule has 0 atom stereocenters. The second kappa shape index (κ2) is 9.81. The Morgan fingerprint density at radius 1 is 0.844 bits per heavy atom. The van der Waals surface area contributed by atoms with Gasteiger partial charge < -0.3 is 14.4 Å². The molecule has 3 aromatic rings. The van der Waals surface area contributed by atoms with Gasteiger partial charge in [0.1, 0.15) is 11.5 Å². The van der Waals surface area contributed by atoms with Crippen LogP contribution in [0.2, 0.25) is 0 Å². The van der Waals surface area contributed by atoms with Crippen LogP contribution in [0.1, 0.15) is 22.3 Å². The van der Waals surface area contributed by atoms with Gasteiger partial charge in [-0.2, -0.15) is 13.2 Å². The molecular formula is C24H22BrF4NO2. The van der Waals surface area contributed by atoms with E-state index in [0.29, 0.717) is 11.5 Å². The van der Waals surface area contributed by atoms with E-state index >= 15 is 4.39 Å². The molecule has 0 radical (unpaired) electrons. The summed E-state index contributed by atoms with van der Waals surface area (Å²) in [7, 11) is 3.12. The standard InChI is InChI=1S/C24H22BrF4NO2/c1-15-12-20(23(26)22(25)21(15)24(27,28)29)30(13-16-4-8-18(31-2)9-5-16)14-17-6-10-19(32-3)11-7-17/h4-12H,13-14H2,1-3H3. The van der Waals surface area contributed by atoms with E-state index in [1.54, 1.807) is 43.4 Å². The lowest BCUT2D eigenvalue weighted by atomic mass is 10.0. The zero-order chi connectivity index (χ0) is 23.5. The van der Waals surface area contributed by atoms with Gasteiger partial charge in [0.2, 0.25) is 0 Å². The van der Waals surface area contributed by atoms with Gasteiger partial charge in [-0.25, -0.2) is 4.39 Å². The minimum atomic E-state index is -4.67. The second-order valence-corrected chi connectivity index (χ2v) is 8.06. The fraction of sp³-hybridized carbons (Fsp3) is 0.250. The van der Waals surface area contributed by atoms with Crippen molar-refractivity contribution < 1.29 is 27.0 Å². The number of hydrogen-bond donors (Lipinski definition) is 0. The maximum atomic E-state index is 15.2. The van der Waals surface area contributed by atoms with Crippen LogP contribution < -0.4 is 14.4 Å². The molecule has 0 unspecified atom stereocenters. The third-order valence-electron chi connectivity index (χ3n) is 5.07. The number of halogens is 5. The number of hydrogen-bond acceptors (Lipinski definition) is 3. The van der Waals surface area contributed by atoms with Crippen LogP contribution >= 0.6 is 15.9 Å². The van der Waals surface area contributed by atoms with Crippen molar-refractivity contribution >= 4 is 21.6 Å². The minimum absolute atomic E-state index is 0.0600. The van der Waals surface area contributed by atoms with Gasteiger partial charge in [-0.15, -0.1) is 0 Å². The third-order valence-corrected chi connectivity index (χ3v) is 5.82. The molecule has 0 amide bonds. The van der Waals surface area contributed by atoms with Gasteiger partial charge in [0, 0.05) is 13.1 Å². The van der Waals surface area contributed by atoms with Crippen LogP contribution in [0.15, 0.2) is 59.1 Å². The van der Waals surface area contributed by atoms with Gasteiger partial charge in [-0.3, -0.25) is 0 Å². The summed E-state index contributed by atoms with van der Waals surface area (Å²) in [6.07, 6.45) is -4.67. The Morgan fingerprint density at radius 3 is 1.66 bits per heavy atom. The second-order valence-electron chi connectivity index (χ2n) is 7.27. The van der Waals surface area contributed by atoms with E-state index in [1.165, 1.54) is 13.0 Å².